The molecule has 2 heteroatoms. The van der Waals surface area contributed by atoms with Crippen LogP contribution in [0.3, 0.4) is 0 Å². The molecular weight excluding hydrogens is 220 g/mol. The molecule has 0 spiro atoms. The molecule has 1 saturated heterocycles. The first-order valence-corrected chi connectivity index (χ1v) is 7.30. The van der Waals surface area contributed by atoms with Crippen molar-refractivity contribution in [2.24, 2.45) is 5.92 Å². The van der Waals surface area contributed by atoms with E-state index in [0.29, 0.717) is 5.92 Å². The quantitative estimate of drug-likeness (QED) is 0.772. The van der Waals surface area contributed by atoms with E-state index in [2.05, 4.69) is 44.7 Å². The summed E-state index contributed by atoms with van der Waals surface area (Å²) in [5, 5.41) is 0. The first-order valence-electron chi connectivity index (χ1n) is 7.30. The Kier molecular flexibility index (Phi) is 5.64. The lowest BCUT2D eigenvalue weighted by Crippen LogP contribution is -2.20. The summed E-state index contributed by atoms with van der Waals surface area (Å²) >= 11 is 0. The molecule has 1 fully saturated rings. The average molecular weight is 248 g/mol. The van der Waals surface area contributed by atoms with Crippen molar-refractivity contribution < 1.29 is 0 Å². The summed E-state index contributed by atoms with van der Waals surface area (Å²) in [6.07, 6.45) is 1.30. The van der Waals surface area contributed by atoms with Crippen molar-refractivity contribution in [3.05, 3.63) is 23.4 Å². The lowest BCUT2D eigenvalue weighted by Gasteiger charge is -2.19. The number of pyridine rings is 1. The molecule has 1 unspecified atom stereocenters. The molecule has 1 aromatic rings. The van der Waals surface area contributed by atoms with E-state index in [9.17, 15) is 0 Å². The van der Waals surface area contributed by atoms with Gasteiger partial charge in [0.1, 0.15) is 5.82 Å². The van der Waals surface area contributed by atoms with Gasteiger partial charge in [-0.05, 0) is 36.8 Å². The molecule has 2 nitrogen and oxygen atoms in total. The van der Waals surface area contributed by atoms with Gasteiger partial charge >= 0.3 is 0 Å². The van der Waals surface area contributed by atoms with Crippen LogP contribution in [0.2, 0.25) is 0 Å². The number of rotatable bonds is 2. The normalized spacial score (nSPS) is 18.8. The monoisotopic (exact) mass is 248 g/mol. The molecule has 0 aliphatic carbocycles. The molecule has 0 amide bonds. The zero-order valence-electron chi connectivity index (χ0n) is 12.8. The topological polar surface area (TPSA) is 16.1 Å². The van der Waals surface area contributed by atoms with Crippen LogP contribution in [0, 0.1) is 12.8 Å². The maximum atomic E-state index is 4.74. The molecular formula is C16H28N2. The second-order valence-corrected chi connectivity index (χ2v) is 5.34. The van der Waals surface area contributed by atoms with Gasteiger partial charge in [0, 0.05) is 18.8 Å². The number of aryl methyl sites for hydroxylation is 1. The standard InChI is InChI=1S/C14H22N2.C2H6/c1-10(2)13-5-6-14(15-12(13)4)16-8-7-11(3)9-16;1-2/h5-6,10-11H,7-9H2,1-4H3;1-2H3. The second-order valence-electron chi connectivity index (χ2n) is 5.34. The smallest absolute Gasteiger partial charge is 0.128 e. The van der Waals surface area contributed by atoms with E-state index >= 15 is 0 Å². The highest BCUT2D eigenvalue weighted by molar-refractivity contribution is 5.43. The van der Waals surface area contributed by atoms with Crippen LogP contribution in [-0.2, 0) is 0 Å². The third-order valence-corrected chi connectivity index (χ3v) is 3.48. The highest BCUT2D eigenvalue weighted by Gasteiger charge is 2.20. The Bertz CT molecular complexity index is 371. The van der Waals surface area contributed by atoms with Crippen molar-refractivity contribution in [2.75, 3.05) is 18.0 Å². The molecule has 0 radical (unpaired) electrons. The van der Waals surface area contributed by atoms with Crippen LogP contribution in [0.4, 0.5) is 5.82 Å². The van der Waals surface area contributed by atoms with Gasteiger partial charge in [-0.2, -0.15) is 0 Å². The molecule has 1 aliphatic rings. The Morgan fingerprint density at radius 1 is 1.28 bits per heavy atom. The zero-order valence-corrected chi connectivity index (χ0v) is 12.8. The van der Waals surface area contributed by atoms with Crippen LogP contribution in [-0.4, -0.2) is 18.1 Å². The minimum absolute atomic E-state index is 0.569. The maximum absolute atomic E-state index is 4.74. The first kappa shape index (κ1) is 15.0. The Morgan fingerprint density at radius 2 is 1.94 bits per heavy atom. The predicted octanol–water partition coefficient (Wildman–Crippen LogP) is 4.39. The van der Waals surface area contributed by atoms with Crippen LogP contribution in [0.5, 0.6) is 0 Å². The van der Waals surface area contributed by atoms with Gasteiger partial charge in [-0.15, -0.1) is 0 Å². The number of hydrogen-bond donors (Lipinski definition) is 0. The molecule has 1 aromatic heterocycles. The summed E-state index contributed by atoms with van der Waals surface area (Å²) in [6.45, 7) is 15.2. The van der Waals surface area contributed by atoms with Crippen molar-refractivity contribution in [3.8, 4) is 0 Å². The van der Waals surface area contributed by atoms with Gasteiger partial charge in [-0.1, -0.05) is 40.7 Å². The molecule has 1 atom stereocenters. The highest BCUT2D eigenvalue weighted by atomic mass is 15.2. The molecule has 18 heavy (non-hydrogen) atoms. The number of aromatic nitrogens is 1. The van der Waals surface area contributed by atoms with E-state index in [1.807, 2.05) is 13.8 Å². The average Bonchev–Trinajstić information content (AvgIpc) is 2.78. The van der Waals surface area contributed by atoms with E-state index in [4.69, 9.17) is 4.98 Å². The summed E-state index contributed by atoms with van der Waals surface area (Å²) in [6, 6.07) is 4.42. The number of hydrogen-bond acceptors (Lipinski definition) is 2. The zero-order chi connectivity index (χ0) is 13.7. The second kappa shape index (κ2) is 6.77. The van der Waals surface area contributed by atoms with Gasteiger partial charge < -0.3 is 4.90 Å². The van der Waals surface area contributed by atoms with E-state index in [0.717, 1.165) is 24.8 Å². The molecule has 2 rings (SSSR count). The largest absolute Gasteiger partial charge is 0.356 e. The minimum Gasteiger partial charge on any atom is -0.356 e. The van der Waals surface area contributed by atoms with Crippen molar-refractivity contribution >= 4 is 5.82 Å². The van der Waals surface area contributed by atoms with Crippen LogP contribution in [0.25, 0.3) is 0 Å². The van der Waals surface area contributed by atoms with Gasteiger partial charge in [0.05, 0.1) is 0 Å². The minimum atomic E-state index is 0.569. The molecule has 102 valence electrons. The van der Waals surface area contributed by atoms with Crippen molar-refractivity contribution in [3.63, 3.8) is 0 Å². The molecule has 0 N–H and O–H groups in total. The SMILES string of the molecule is CC.Cc1nc(N2CCC(C)C2)ccc1C(C)C. The van der Waals surface area contributed by atoms with Crippen LogP contribution < -0.4 is 4.90 Å². The molecule has 0 aromatic carbocycles. The van der Waals surface area contributed by atoms with Gasteiger partial charge in [0.15, 0.2) is 0 Å². The Balaban J connectivity index is 0.000000771. The van der Waals surface area contributed by atoms with Gasteiger partial charge in [0.2, 0.25) is 0 Å². The maximum Gasteiger partial charge on any atom is 0.128 e. The third-order valence-electron chi connectivity index (χ3n) is 3.48. The Hall–Kier alpha value is -1.05. The summed E-state index contributed by atoms with van der Waals surface area (Å²) in [4.78, 5) is 7.14. The lowest BCUT2D eigenvalue weighted by molar-refractivity contribution is 0.658. The van der Waals surface area contributed by atoms with E-state index < -0.39 is 0 Å². The van der Waals surface area contributed by atoms with Gasteiger partial charge in [-0.3, -0.25) is 0 Å². The molecule has 0 saturated carbocycles. The van der Waals surface area contributed by atoms with Gasteiger partial charge in [-0.25, -0.2) is 4.98 Å². The van der Waals surface area contributed by atoms with Crippen LogP contribution in [0.1, 0.15) is 58.2 Å². The van der Waals surface area contributed by atoms with E-state index in [-0.39, 0.29) is 0 Å². The predicted molar refractivity (Wildman–Crippen MR) is 80.4 cm³/mol. The lowest BCUT2D eigenvalue weighted by atomic mass is 10.0. The van der Waals surface area contributed by atoms with E-state index in [1.54, 1.807) is 0 Å². The number of anilines is 1. The molecule has 2 heterocycles. The van der Waals surface area contributed by atoms with Crippen molar-refractivity contribution in [1.29, 1.82) is 0 Å². The third kappa shape index (κ3) is 3.47. The fourth-order valence-corrected chi connectivity index (χ4v) is 2.49. The molecule has 1 aliphatic heterocycles. The first-order chi connectivity index (χ1) is 8.58. The summed E-state index contributed by atoms with van der Waals surface area (Å²) in [5.41, 5.74) is 2.56. The Labute approximate surface area is 112 Å². The van der Waals surface area contributed by atoms with Crippen molar-refractivity contribution in [2.45, 2.75) is 53.9 Å². The van der Waals surface area contributed by atoms with Crippen LogP contribution in [0.15, 0.2) is 12.1 Å². The molecule has 0 bridgehead atoms. The Morgan fingerprint density at radius 3 is 2.39 bits per heavy atom. The number of nitrogens with zero attached hydrogens (tertiary/aromatic N) is 2. The van der Waals surface area contributed by atoms with Crippen LogP contribution >= 0.6 is 0 Å². The fourth-order valence-electron chi connectivity index (χ4n) is 2.49. The van der Waals surface area contributed by atoms with Gasteiger partial charge in [0.25, 0.3) is 0 Å². The fraction of sp³-hybridized carbons (Fsp3) is 0.688. The summed E-state index contributed by atoms with van der Waals surface area (Å²) < 4.78 is 0. The highest BCUT2D eigenvalue weighted by Crippen LogP contribution is 2.25. The van der Waals surface area contributed by atoms with Crippen molar-refractivity contribution in [1.82, 2.24) is 4.98 Å². The summed E-state index contributed by atoms with van der Waals surface area (Å²) in [7, 11) is 0. The summed E-state index contributed by atoms with van der Waals surface area (Å²) in [5.74, 6) is 2.54. The van der Waals surface area contributed by atoms with E-state index in [1.165, 1.54) is 17.7 Å².